The maximum absolute atomic E-state index is 13.4. The number of halogens is 5. The minimum Gasteiger partial charge on any atom is -0.382 e. The molecule has 33 heavy (non-hydrogen) atoms. The highest BCUT2D eigenvalue weighted by Crippen LogP contribution is 2.34. The number of fused-ring (bicyclic) bond motifs is 1. The van der Waals surface area contributed by atoms with Crippen LogP contribution in [0, 0.1) is 18.6 Å². The van der Waals surface area contributed by atoms with E-state index in [2.05, 4.69) is 15.6 Å². The molecular weight excluding hydrogens is 441 g/mol. The Morgan fingerprint density at radius 3 is 2.21 bits per heavy atom. The summed E-state index contributed by atoms with van der Waals surface area (Å²) in [5.74, 6) is -2.22. The van der Waals surface area contributed by atoms with Gasteiger partial charge in [0.25, 0.3) is 5.91 Å². The van der Waals surface area contributed by atoms with Crippen molar-refractivity contribution in [2.75, 3.05) is 5.32 Å². The zero-order chi connectivity index (χ0) is 23.8. The van der Waals surface area contributed by atoms with Crippen molar-refractivity contribution < 1.29 is 26.7 Å². The molecule has 2 N–H and O–H groups in total. The molecule has 1 aliphatic carbocycles. The van der Waals surface area contributed by atoms with E-state index in [-0.39, 0.29) is 23.2 Å². The number of carbonyl (C=O) groups excluding carboxylic acids is 1. The van der Waals surface area contributed by atoms with Gasteiger partial charge in [-0.2, -0.15) is 13.2 Å². The van der Waals surface area contributed by atoms with Gasteiger partial charge in [0.1, 0.15) is 17.3 Å². The Labute approximate surface area is 187 Å². The second kappa shape index (κ2) is 8.96. The van der Waals surface area contributed by atoms with E-state index >= 15 is 0 Å². The van der Waals surface area contributed by atoms with Gasteiger partial charge in [-0.3, -0.25) is 4.79 Å². The SMILES string of the molecule is Cc1ccc2nc(C(F)(F)F)cc(NC3CCC(NC(=O)c4cc(F)cc(F)c4)CC3)c2c1. The van der Waals surface area contributed by atoms with Crippen molar-refractivity contribution in [1.29, 1.82) is 0 Å². The van der Waals surface area contributed by atoms with E-state index in [1.165, 1.54) is 0 Å². The van der Waals surface area contributed by atoms with Crippen LogP contribution in [-0.2, 0) is 6.18 Å². The fourth-order valence-electron chi connectivity index (χ4n) is 4.16. The number of benzene rings is 2. The molecule has 0 aliphatic heterocycles. The highest BCUT2D eigenvalue weighted by Gasteiger charge is 2.34. The number of rotatable bonds is 4. The average molecular weight is 463 g/mol. The van der Waals surface area contributed by atoms with Crippen LogP contribution in [0.4, 0.5) is 27.6 Å². The molecule has 4 nitrogen and oxygen atoms in total. The van der Waals surface area contributed by atoms with Crippen LogP contribution >= 0.6 is 0 Å². The second-order valence-corrected chi connectivity index (χ2v) is 8.40. The molecule has 1 saturated carbocycles. The van der Waals surface area contributed by atoms with E-state index < -0.39 is 29.4 Å². The zero-order valence-electron chi connectivity index (χ0n) is 17.8. The Kier molecular flexibility index (Phi) is 6.23. The largest absolute Gasteiger partial charge is 0.433 e. The van der Waals surface area contributed by atoms with Gasteiger partial charge in [0.05, 0.1) is 5.52 Å². The summed E-state index contributed by atoms with van der Waals surface area (Å²) in [6.45, 7) is 1.86. The van der Waals surface area contributed by atoms with E-state index in [1.807, 2.05) is 6.92 Å². The lowest BCUT2D eigenvalue weighted by Crippen LogP contribution is -2.40. The minimum atomic E-state index is -4.56. The van der Waals surface area contributed by atoms with Crippen LogP contribution in [0.1, 0.15) is 47.3 Å². The first-order chi connectivity index (χ1) is 15.6. The predicted molar refractivity (Wildman–Crippen MR) is 115 cm³/mol. The standard InChI is InChI=1S/C24H22F5N3O/c1-13-2-7-20-19(8-13)21(12-22(32-20)24(27,28)29)30-17-3-5-18(6-4-17)31-23(33)14-9-15(25)11-16(26)10-14/h2,7-12,17-18H,3-6H2,1H3,(H,30,32)(H,31,33). The highest BCUT2D eigenvalue weighted by atomic mass is 19.4. The van der Waals surface area contributed by atoms with Crippen LogP contribution in [-0.4, -0.2) is 23.0 Å². The molecule has 0 unspecified atom stereocenters. The van der Waals surface area contributed by atoms with E-state index in [0.29, 0.717) is 42.8 Å². The molecule has 1 aromatic heterocycles. The summed E-state index contributed by atoms with van der Waals surface area (Å²) in [5, 5.41) is 6.63. The average Bonchev–Trinajstić information content (AvgIpc) is 2.74. The predicted octanol–water partition coefficient (Wildman–Crippen LogP) is 5.99. The van der Waals surface area contributed by atoms with Crippen LogP contribution in [0.5, 0.6) is 0 Å². The zero-order valence-corrected chi connectivity index (χ0v) is 17.8. The molecule has 3 aromatic rings. The normalized spacial score (nSPS) is 18.8. The molecule has 1 fully saturated rings. The summed E-state index contributed by atoms with van der Waals surface area (Å²) < 4.78 is 66.7. The number of nitrogens with zero attached hydrogens (tertiary/aromatic N) is 1. The smallest absolute Gasteiger partial charge is 0.382 e. The summed E-state index contributed by atoms with van der Waals surface area (Å²) in [4.78, 5) is 16.1. The molecule has 9 heteroatoms. The Balaban J connectivity index is 1.44. The quantitative estimate of drug-likeness (QED) is 0.467. The Hall–Kier alpha value is -3.23. The van der Waals surface area contributed by atoms with Crippen molar-refractivity contribution in [1.82, 2.24) is 10.3 Å². The molecule has 1 amide bonds. The van der Waals surface area contributed by atoms with Crippen LogP contribution in [0.15, 0.2) is 42.5 Å². The van der Waals surface area contributed by atoms with Crippen LogP contribution in [0.2, 0.25) is 0 Å². The monoisotopic (exact) mass is 463 g/mol. The number of nitrogens with one attached hydrogen (secondary N) is 2. The van der Waals surface area contributed by atoms with E-state index in [4.69, 9.17) is 0 Å². The topological polar surface area (TPSA) is 54.0 Å². The molecule has 0 saturated heterocycles. The van der Waals surface area contributed by atoms with Gasteiger partial charge in [0.15, 0.2) is 0 Å². The second-order valence-electron chi connectivity index (χ2n) is 8.40. The molecule has 0 bridgehead atoms. The van der Waals surface area contributed by atoms with Gasteiger partial charge in [-0.1, -0.05) is 11.6 Å². The molecule has 0 atom stereocenters. The maximum atomic E-state index is 13.4. The molecule has 0 spiro atoms. The summed E-state index contributed by atoms with van der Waals surface area (Å²) in [6.07, 6.45) is -2.18. The molecule has 1 heterocycles. The first-order valence-corrected chi connectivity index (χ1v) is 10.6. The maximum Gasteiger partial charge on any atom is 0.433 e. The minimum absolute atomic E-state index is 0.0861. The number of aromatic nitrogens is 1. The van der Waals surface area contributed by atoms with E-state index in [9.17, 15) is 26.7 Å². The third-order valence-corrected chi connectivity index (χ3v) is 5.80. The summed E-state index contributed by atoms with van der Waals surface area (Å²) in [7, 11) is 0. The van der Waals surface area contributed by atoms with E-state index in [0.717, 1.165) is 23.8 Å². The Morgan fingerprint density at radius 2 is 1.58 bits per heavy atom. The van der Waals surface area contributed by atoms with E-state index in [1.54, 1.807) is 18.2 Å². The van der Waals surface area contributed by atoms with Gasteiger partial charge in [-0.05, 0) is 62.9 Å². The number of aryl methyl sites for hydroxylation is 1. The highest BCUT2D eigenvalue weighted by molar-refractivity contribution is 5.94. The number of carbonyl (C=O) groups is 1. The summed E-state index contributed by atoms with van der Waals surface area (Å²) in [6, 6.07) is 8.50. The van der Waals surface area contributed by atoms with Gasteiger partial charge in [0.2, 0.25) is 0 Å². The Morgan fingerprint density at radius 1 is 0.939 bits per heavy atom. The lowest BCUT2D eigenvalue weighted by atomic mass is 9.90. The molecule has 4 rings (SSSR count). The number of anilines is 1. The van der Waals surface area contributed by atoms with Crippen molar-refractivity contribution in [3.8, 4) is 0 Å². The summed E-state index contributed by atoms with van der Waals surface area (Å²) in [5.41, 5.74) is 0.503. The summed E-state index contributed by atoms with van der Waals surface area (Å²) >= 11 is 0. The van der Waals surface area contributed by atoms with Crippen molar-refractivity contribution in [3.05, 3.63) is 70.9 Å². The van der Waals surface area contributed by atoms with Gasteiger partial charge in [-0.25, -0.2) is 13.8 Å². The third-order valence-electron chi connectivity index (χ3n) is 5.80. The fourth-order valence-corrected chi connectivity index (χ4v) is 4.16. The van der Waals surface area contributed by atoms with Crippen LogP contribution in [0.3, 0.4) is 0 Å². The number of alkyl halides is 3. The molecule has 174 valence electrons. The lowest BCUT2D eigenvalue weighted by molar-refractivity contribution is -0.140. The fraction of sp³-hybridized carbons (Fsp3) is 0.333. The van der Waals surface area contributed by atoms with Crippen molar-refractivity contribution in [2.24, 2.45) is 0 Å². The molecule has 1 aliphatic rings. The van der Waals surface area contributed by atoms with Gasteiger partial charge in [0, 0.05) is 34.8 Å². The number of pyridine rings is 1. The van der Waals surface area contributed by atoms with Crippen LogP contribution < -0.4 is 10.6 Å². The van der Waals surface area contributed by atoms with Crippen molar-refractivity contribution in [2.45, 2.75) is 50.9 Å². The van der Waals surface area contributed by atoms with Gasteiger partial charge in [-0.15, -0.1) is 0 Å². The van der Waals surface area contributed by atoms with Crippen molar-refractivity contribution in [3.63, 3.8) is 0 Å². The number of hydrogen-bond acceptors (Lipinski definition) is 3. The van der Waals surface area contributed by atoms with Gasteiger partial charge < -0.3 is 10.6 Å². The molecular formula is C24H22F5N3O. The first-order valence-electron chi connectivity index (χ1n) is 10.6. The van der Waals surface area contributed by atoms with Crippen LogP contribution in [0.25, 0.3) is 10.9 Å². The molecule has 0 radical (unpaired) electrons. The van der Waals surface area contributed by atoms with Gasteiger partial charge >= 0.3 is 6.18 Å². The number of hydrogen-bond donors (Lipinski definition) is 2. The third kappa shape index (κ3) is 5.40. The molecule has 2 aromatic carbocycles. The first kappa shape index (κ1) is 22.9. The Bertz CT molecular complexity index is 1170. The lowest BCUT2D eigenvalue weighted by Gasteiger charge is -2.31. The van der Waals surface area contributed by atoms with Crippen molar-refractivity contribution >= 4 is 22.5 Å². The number of amides is 1.